The number of β-lactam (4-membered cyclic amide) rings is 1. The van der Waals surface area contributed by atoms with Gasteiger partial charge in [0.25, 0.3) is 11.8 Å². The number of nitrogens with one attached hydrogen (secondary N) is 2. The molecule has 3 rings (SSSR count). The summed E-state index contributed by atoms with van der Waals surface area (Å²) in [5, 5.41) is 16.0. The van der Waals surface area contributed by atoms with Crippen LogP contribution >= 0.6 is 23.1 Å². The molecule has 0 radical (unpaired) electrons. The topological polar surface area (TPSA) is 138 Å². The van der Waals surface area contributed by atoms with Crippen LogP contribution in [0, 0.1) is 0 Å². The highest BCUT2D eigenvalue weighted by molar-refractivity contribution is 8.00. The quantitative estimate of drug-likeness (QED) is 0.432. The van der Waals surface area contributed by atoms with Crippen molar-refractivity contribution in [2.45, 2.75) is 51.6 Å². The Balaban J connectivity index is 1.67. The Morgan fingerprint density at radius 3 is 2.62 bits per heavy atom. The Bertz CT molecular complexity index is 1040. The molecule has 0 spiro atoms. The first-order valence-electron chi connectivity index (χ1n) is 9.73. The number of carbonyl (C=O) groups excluding carboxylic acids is 3. The lowest BCUT2D eigenvalue weighted by atomic mass is 10.0. The number of carboxylic acids is 1. The number of aliphatic carboxylic acids is 1. The highest BCUT2D eigenvalue weighted by atomic mass is 32.2. The van der Waals surface area contributed by atoms with Crippen molar-refractivity contribution in [3.63, 3.8) is 0 Å². The molecule has 3 heterocycles. The van der Waals surface area contributed by atoms with E-state index in [0.29, 0.717) is 17.0 Å². The van der Waals surface area contributed by atoms with Crippen LogP contribution in [0.5, 0.6) is 0 Å². The molecule has 10 nitrogen and oxygen atoms in total. The van der Waals surface area contributed by atoms with Gasteiger partial charge in [-0.25, -0.2) is 14.6 Å². The standard InChI is InChI=1S/C20H24N4O6S2/c1-6-10(11-8-32-18(21-11)23-19(29)30-20(3,4)5)14(25)22-12-15(26)24-13(17(27)28)9(2)7-31-16(12)24/h6,8,12,16H,7H2,1-5H3,(H,22,25)(H,27,28)(H,21,23,29)/b10-6-/t12?,16-/m0/s1. The van der Waals surface area contributed by atoms with E-state index in [1.54, 1.807) is 46.1 Å². The summed E-state index contributed by atoms with van der Waals surface area (Å²) in [4.78, 5) is 54.4. The average molecular weight is 481 g/mol. The van der Waals surface area contributed by atoms with E-state index in [2.05, 4.69) is 15.6 Å². The van der Waals surface area contributed by atoms with Crippen LogP contribution in [0.4, 0.5) is 9.93 Å². The number of carboxylic acid groups (broad SMARTS) is 1. The highest BCUT2D eigenvalue weighted by Crippen LogP contribution is 2.40. The Morgan fingerprint density at radius 2 is 2.03 bits per heavy atom. The summed E-state index contributed by atoms with van der Waals surface area (Å²) in [5.74, 6) is -1.67. The second-order valence-electron chi connectivity index (χ2n) is 8.16. The number of thiazole rings is 1. The average Bonchev–Trinajstić information content (AvgIpc) is 3.12. The summed E-state index contributed by atoms with van der Waals surface area (Å²) >= 11 is 2.53. The third-order valence-corrected chi connectivity index (χ3v) is 6.75. The Hall–Kier alpha value is -2.86. The molecular formula is C20H24N4O6S2. The zero-order chi connectivity index (χ0) is 23.8. The fourth-order valence-electron chi connectivity index (χ4n) is 3.24. The van der Waals surface area contributed by atoms with Gasteiger partial charge in [-0.3, -0.25) is 19.8 Å². The number of fused-ring (bicyclic) bond motifs is 1. The zero-order valence-electron chi connectivity index (χ0n) is 18.2. The van der Waals surface area contributed by atoms with Gasteiger partial charge in [-0.2, -0.15) is 0 Å². The van der Waals surface area contributed by atoms with Crippen molar-refractivity contribution in [3.05, 3.63) is 28.4 Å². The second kappa shape index (κ2) is 8.94. The van der Waals surface area contributed by atoms with Crippen LogP contribution in [-0.2, 0) is 19.1 Å². The van der Waals surface area contributed by atoms with Gasteiger partial charge in [0.05, 0.1) is 11.3 Å². The van der Waals surface area contributed by atoms with Gasteiger partial charge in [0.15, 0.2) is 5.13 Å². The smallest absolute Gasteiger partial charge is 0.413 e. The number of allylic oxidation sites excluding steroid dienone is 1. The molecular weight excluding hydrogens is 456 g/mol. The minimum Gasteiger partial charge on any atom is -0.477 e. The van der Waals surface area contributed by atoms with Crippen molar-refractivity contribution in [1.82, 2.24) is 15.2 Å². The van der Waals surface area contributed by atoms with Crippen LogP contribution in [0.2, 0.25) is 0 Å². The van der Waals surface area contributed by atoms with Crippen molar-refractivity contribution < 1.29 is 29.0 Å². The zero-order valence-corrected chi connectivity index (χ0v) is 19.8. The van der Waals surface area contributed by atoms with Gasteiger partial charge in [0.1, 0.15) is 22.7 Å². The Labute approximate surface area is 193 Å². The number of carbonyl (C=O) groups is 4. The maximum atomic E-state index is 12.9. The first-order chi connectivity index (χ1) is 14.9. The van der Waals surface area contributed by atoms with Gasteiger partial charge in [-0.15, -0.1) is 23.1 Å². The highest BCUT2D eigenvalue weighted by Gasteiger charge is 2.53. The lowest BCUT2D eigenvalue weighted by Gasteiger charge is -2.49. The molecule has 0 bridgehead atoms. The molecule has 3 amide bonds. The molecule has 2 aliphatic rings. The molecule has 172 valence electrons. The number of aromatic nitrogens is 1. The fourth-order valence-corrected chi connectivity index (χ4v) is 5.22. The fraction of sp³-hybridized carbons (Fsp3) is 0.450. The van der Waals surface area contributed by atoms with Crippen LogP contribution in [0.15, 0.2) is 22.7 Å². The number of rotatable bonds is 5. The van der Waals surface area contributed by atoms with Crippen LogP contribution in [-0.4, -0.2) is 61.6 Å². The first-order valence-corrected chi connectivity index (χ1v) is 11.7. The van der Waals surface area contributed by atoms with Crippen molar-refractivity contribution in [3.8, 4) is 0 Å². The van der Waals surface area contributed by atoms with Crippen molar-refractivity contribution >= 4 is 57.7 Å². The predicted octanol–water partition coefficient (Wildman–Crippen LogP) is 2.65. The summed E-state index contributed by atoms with van der Waals surface area (Å²) in [6.45, 7) is 8.56. The number of anilines is 1. The third kappa shape index (κ3) is 4.80. The van der Waals surface area contributed by atoms with E-state index >= 15 is 0 Å². The summed E-state index contributed by atoms with van der Waals surface area (Å²) in [6.07, 6.45) is 0.903. The van der Waals surface area contributed by atoms with E-state index < -0.39 is 40.9 Å². The largest absolute Gasteiger partial charge is 0.477 e. The normalized spacial score (nSPS) is 21.0. The number of ether oxygens (including phenoxy) is 1. The number of amides is 3. The molecule has 0 aromatic carbocycles. The number of thioether (sulfide) groups is 1. The molecule has 2 aliphatic heterocycles. The molecule has 1 saturated heterocycles. The number of hydrogen-bond acceptors (Lipinski definition) is 8. The Kier molecular flexibility index (Phi) is 6.65. The van der Waals surface area contributed by atoms with Crippen LogP contribution in [0.25, 0.3) is 5.57 Å². The first kappa shape index (κ1) is 23.8. The predicted molar refractivity (Wildman–Crippen MR) is 121 cm³/mol. The maximum Gasteiger partial charge on any atom is 0.413 e. The Morgan fingerprint density at radius 1 is 1.34 bits per heavy atom. The monoisotopic (exact) mass is 480 g/mol. The minimum atomic E-state index is -1.16. The van der Waals surface area contributed by atoms with E-state index in [1.165, 1.54) is 16.7 Å². The molecule has 0 saturated carbocycles. The van der Waals surface area contributed by atoms with Crippen molar-refractivity contribution in [2.75, 3.05) is 11.1 Å². The molecule has 3 N–H and O–H groups in total. The minimum absolute atomic E-state index is 0.0205. The van der Waals surface area contributed by atoms with Gasteiger partial charge < -0.3 is 15.2 Å². The van der Waals surface area contributed by atoms with Gasteiger partial charge in [0, 0.05) is 11.1 Å². The van der Waals surface area contributed by atoms with Crippen molar-refractivity contribution in [2.24, 2.45) is 0 Å². The van der Waals surface area contributed by atoms with E-state index in [0.717, 1.165) is 11.3 Å². The summed E-state index contributed by atoms with van der Waals surface area (Å²) in [7, 11) is 0. The van der Waals surface area contributed by atoms with Gasteiger partial charge in [0.2, 0.25) is 0 Å². The lowest BCUT2D eigenvalue weighted by Crippen LogP contribution is -2.70. The molecule has 1 aromatic rings. The number of nitrogens with zero attached hydrogens (tertiary/aromatic N) is 2. The van der Waals surface area contributed by atoms with Crippen LogP contribution in [0.3, 0.4) is 0 Å². The summed E-state index contributed by atoms with van der Waals surface area (Å²) in [5.41, 5.74) is 0.498. The van der Waals surface area contributed by atoms with Gasteiger partial charge in [-0.1, -0.05) is 6.08 Å². The van der Waals surface area contributed by atoms with Crippen LogP contribution < -0.4 is 10.6 Å². The van der Waals surface area contributed by atoms with Crippen molar-refractivity contribution in [1.29, 1.82) is 0 Å². The molecule has 1 aromatic heterocycles. The lowest BCUT2D eigenvalue weighted by molar-refractivity contribution is -0.150. The maximum absolute atomic E-state index is 12.9. The molecule has 0 aliphatic carbocycles. The SMILES string of the molecule is C/C=C(\C(=O)NC1C(=O)N2C(C(=O)O)=C(C)CS[C@@H]12)c1csc(NC(=O)OC(C)(C)C)n1. The summed E-state index contributed by atoms with van der Waals surface area (Å²) < 4.78 is 5.19. The van der Waals surface area contributed by atoms with Gasteiger partial charge in [-0.05, 0) is 40.2 Å². The third-order valence-electron chi connectivity index (χ3n) is 4.57. The molecule has 12 heteroatoms. The van der Waals surface area contributed by atoms with Gasteiger partial charge >= 0.3 is 12.1 Å². The van der Waals surface area contributed by atoms with E-state index in [4.69, 9.17) is 4.74 Å². The molecule has 1 fully saturated rings. The number of hydrogen-bond donors (Lipinski definition) is 3. The molecule has 32 heavy (non-hydrogen) atoms. The van der Waals surface area contributed by atoms with E-state index in [9.17, 15) is 24.3 Å². The summed E-state index contributed by atoms with van der Waals surface area (Å²) in [6, 6.07) is -0.831. The van der Waals surface area contributed by atoms with E-state index in [1.807, 2.05) is 0 Å². The second-order valence-corrected chi connectivity index (χ2v) is 10.1. The van der Waals surface area contributed by atoms with E-state index in [-0.39, 0.29) is 16.4 Å². The van der Waals surface area contributed by atoms with Crippen LogP contribution in [0.1, 0.15) is 40.3 Å². The molecule has 2 atom stereocenters. The molecule has 1 unspecified atom stereocenters.